The van der Waals surface area contributed by atoms with E-state index in [1.54, 1.807) is 18.7 Å². The number of hydrogen-bond donors (Lipinski definition) is 2. The third-order valence-corrected chi connectivity index (χ3v) is 2.78. The zero-order valence-corrected chi connectivity index (χ0v) is 7.73. The molecule has 3 nitrogen and oxygen atoms in total. The lowest BCUT2D eigenvalue weighted by Gasteiger charge is -2.10. The smallest absolute Gasteiger partial charge is 0.221 e. The fraction of sp³-hybridized carbons (Fsp3) is 0.857. The van der Waals surface area contributed by atoms with Gasteiger partial charge in [0.2, 0.25) is 5.91 Å². The van der Waals surface area contributed by atoms with Crippen LogP contribution in [0.3, 0.4) is 0 Å². The number of thioether (sulfide) groups is 1. The molecule has 0 bridgehead atoms. The number of rotatable bonds is 5. The maximum atomic E-state index is 10.5. The van der Waals surface area contributed by atoms with Crippen LogP contribution < -0.4 is 5.73 Å². The van der Waals surface area contributed by atoms with Gasteiger partial charge in [0.05, 0.1) is 6.61 Å². The predicted molar refractivity (Wildman–Crippen MR) is 47.4 cm³/mol. The fourth-order valence-corrected chi connectivity index (χ4v) is 1.33. The molecular formula is C7H15NO2S. The zero-order chi connectivity index (χ0) is 8.85. The standard InChI is InChI=1S/C7H15NO2S/c1-5(7(8)10)4-11-6(2)3-9/h5-6,9H,3-4H2,1-2H3,(H2,8,10). The summed E-state index contributed by atoms with van der Waals surface area (Å²) < 4.78 is 0. The molecular weight excluding hydrogens is 162 g/mol. The van der Waals surface area contributed by atoms with Crippen molar-refractivity contribution in [1.82, 2.24) is 0 Å². The Hall–Kier alpha value is -0.220. The lowest BCUT2D eigenvalue weighted by molar-refractivity contribution is -0.120. The van der Waals surface area contributed by atoms with Gasteiger partial charge >= 0.3 is 0 Å². The van der Waals surface area contributed by atoms with Crippen LogP contribution in [0.4, 0.5) is 0 Å². The average molecular weight is 177 g/mol. The summed E-state index contributed by atoms with van der Waals surface area (Å²) in [4.78, 5) is 10.5. The van der Waals surface area contributed by atoms with Crippen LogP contribution >= 0.6 is 11.8 Å². The van der Waals surface area contributed by atoms with Gasteiger partial charge in [0.15, 0.2) is 0 Å². The van der Waals surface area contributed by atoms with Crippen LogP contribution in [0, 0.1) is 5.92 Å². The summed E-state index contributed by atoms with van der Waals surface area (Å²) in [7, 11) is 0. The number of nitrogens with two attached hydrogens (primary N) is 1. The highest BCUT2D eigenvalue weighted by Gasteiger charge is 2.10. The molecule has 0 aliphatic rings. The molecule has 0 aromatic heterocycles. The van der Waals surface area contributed by atoms with Crippen molar-refractivity contribution in [2.24, 2.45) is 11.7 Å². The van der Waals surface area contributed by atoms with E-state index >= 15 is 0 Å². The Bertz CT molecular complexity index is 130. The first-order valence-electron chi connectivity index (χ1n) is 3.59. The number of aliphatic hydroxyl groups is 1. The molecule has 0 aromatic carbocycles. The minimum Gasteiger partial charge on any atom is -0.395 e. The number of carbonyl (C=O) groups excluding carboxylic acids is 1. The first-order chi connectivity index (χ1) is 5.07. The zero-order valence-electron chi connectivity index (χ0n) is 6.91. The van der Waals surface area contributed by atoms with Crippen LogP contribution in [0.1, 0.15) is 13.8 Å². The van der Waals surface area contributed by atoms with Crippen molar-refractivity contribution in [3.8, 4) is 0 Å². The van der Waals surface area contributed by atoms with E-state index in [2.05, 4.69) is 0 Å². The van der Waals surface area contributed by atoms with Crippen molar-refractivity contribution < 1.29 is 9.90 Å². The molecule has 0 spiro atoms. The SMILES string of the molecule is CC(CO)SCC(C)C(N)=O. The Labute approximate surface area is 71.3 Å². The number of hydrogen-bond acceptors (Lipinski definition) is 3. The molecule has 0 aromatic rings. The summed E-state index contributed by atoms with van der Waals surface area (Å²) in [5.74, 6) is 0.313. The molecule has 2 unspecified atom stereocenters. The molecule has 0 heterocycles. The van der Waals surface area contributed by atoms with E-state index in [4.69, 9.17) is 10.8 Å². The predicted octanol–water partition coefficient (Wildman–Crippen LogP) is 0.222. The molecule has 0 fully saturated rings. The number of amides is 1. The molecule has 0 rings (SSSR count). The second-order valence-electron chi connectivity index (χ2n) is 2.63. The average Bonchev–Trinajstić information content (AvgIpc) is 1.99. The van der Waals surface area contributed by atoms with Crippen LogP contribution in [-0.2, 0) is 4.79 Å². The second kappa shape index (κ2) is 5.43. The van der Waals surface area contributed by atoms with Gasteiger partial charge in [-0.3, -0.25) is 4.79 Å². The fourth-order valence-electron chi connectivity index (χ4n) is 0.443. The topological polar surface area (TPSA) is 63.3 Å². The van der Waals surface area contributed by atoms with E-state index in [1.165, 1.54) is 0 Å². The van der Waals surface area contributed by atoms with Crippen LogP contribution in [0.5, 0.6) is 0 Å². The van der Waals surface area contributed by atoms with Crippen LogP contribution in [-0.4, -0.2) is 28.6 Å². The third kappa shape index (κ3) is 5.09. The van der Waals surface area contributed by atoms with Gasteiger partial charge in [0, 0.05) is 16.9 Å². The van der Waals surface area contributed by atoms with Gasteiger partial charge in [-0.05, 0) is 0 Å². The van der Waals surface area contributed by atoms with E-state index in [0.29, 0.717) is 5.75 Å². The summed E-state index contributed by atoms with van der Waals surface area (Å²) in [6, 6.07) is 0. The maximum absolute atomic E-state index is 10.5. The highest BCUT2D eigenvalue weighted by Crippen LogP contribution is 2.13. The Morgan fingerprint density at radius 3 is 2.55 bits per heavy atom. The Morgan fingerprint density at radius 1 is 1.64 bits per heavy atom. The second-order valence-corrected chi connectivity index (χ2v) is 4.10. The molecule has 4 heteroatoms. The molecule has 0 saturated carbocycles. The number of carbonyl (C=O) groups is 1. The van der Waals surface area contributed by atoms with Gasteiger partial charge in [-0.1, -0.05) is 13.8 Å². The van der Waals surface area contributed by atoms with Crippen molar-refractivity contribution in [3.63, 3.8) is 0 Å². The van der Waals surface area contributed by atoms with Gasteiger partial charge in [-0.15, -0.1) is 0 Å². The first-order valence-corrected chi connectivity index (χ1v) is 4.64. The molecule has 3 N–H and O–H groups in total. The van der Waals surface area contributed by atoms with Crippen LogP contribution in [0.15, 0.2) is 0 Å². The minimum atomic E-state index is -0.275. The summed E-state index contributed by atoms with van der Waals surface area (Å²) in [5, 5.41) is 8.84. The minimum absolute atomic E-state index is 0.103. The molecule has 0 radical (unpaired) electrons. The lowest BCUT2D eigenvalue weighted by atomic mass is 10.2. The van der Waals surface area contributed by atoms with Crippen molar-refractivity contribution >= 4 is 17.7 Å². The van der Waals surface area contributed by atoms with Crippen molar-refractivity contribution in [2.45, 2.75) is 19.1 Å². The Kier molecular flexibility index (Phi) is 5.32. The van der Waals surface area contributed by atoms with Crippen LogP contribution in [0.25, 0.3) is 0 Å². The molecule has 1 amide bonds. The monoisotopic (exact) mass is 177 g/mol. The highest BCUT2D eigenvalue weighted by atomic mass is 32.2. The highest BCUT2D eigenvalue weighted by molar-refractivity contribution is 7.99. The van der Waals surface area contributed by atoms with Crippen molar-refractivity contribution in [2.75, 3.05) is 12.4 Å². The van der Waals surface area contributed by atoms with E-state index in [0.717, 1.165) is 0 Å². The van der Waals surface area contributed by atoms with Crippen LogP contribution in [0.2, 0.25) is 0 Å². The normalized spacial score (nSPS) is 15.9. The molecule has 66 valence electrons. The summed E-state index contributed by atoms with van der Waals surface area (Å²) in [5.41, 5.74) is 5.05. The van der Waals surface area contributed by atoms with E-state index < -0.39 is 0 Å². The summed E-state index contributed by atoms with van der Waals surface area (Å²) >= 11 is 1.56. The van der Waals surface area contributed by atoms with Gasteiger partial charge in [-0.2, -0.15) is 11.8 Å². The third-order valence-electron chi connectivity index (χ3n) is 1.37. The summed E-state index contributed by atoms with van der Waals surface area (Å²) in [6.07, 6.45) is 0. The largest absolute Gasteiger partial charge is 0.395 e. The van der Waals surface area contributed by atoms with E-state index in [1.807, 2.05) is 6.92 Å². The molecule has 2 atom stereocenters. The molecule has 0 saturated heterocycles. The van der Waals surface area contributed by atoms with E-state index in [9.17, 15) is 4.79 Å². The Morgan fingerprint density at radius 2 is 2.18 bits per heavy atom. The van der Waals surface area contributed by atoms with Gasteiger partial charge in [-0.25, -0.2) is 0 Å². The molecule has 11 heavy (non-hydrogen) atoms. The van der Waals surface area contributed by atoms with Crippen molar-refractivity contribution in [3.05, 3.63) is 0 Å². The first kappa shape index (κ1) is 10.8. The van der Waals surface area contributed by atoms with Gasteiger partial charge in [0.25, 0.3) is 0 Å². The lowest BCUT2D eigenvalue weighted by Crippen LogP contribution is -2.23. The van der Waals surface area contributed by atoms with Gasteiger partial charge < -0.3 is 10.8 Å². The molecule has 0 aliphatic carbocycles. The maximum Gasteiger partial charge on any atom is 0.221 e. The Balaban J connectivity index is 3.45. The number of primary amides is 1. The quantitative estimate of drug-likeness (QED) is 0.631. The van der Waals surface area contributed by atoms with Crippen molar-refractivity contribution in [1.29, 1.82) is 0 Å². The number of aliphatic hydroxyl groups excluding tert-OH is 1. The van der Waals surface area contributed by atoms with E-state index in [-0.39, 0.29) is 23.7 Å². The molecule has 0 aliphatic heterocycles. The van der Waals surface area contributed by atoms with Gasteiger partial charge in [0.1, 0.15) is 0 Å². The summed E-state index contributed by atoms with van der Waals surface area (Å²) in [6.45, 7) is 3.86.